The quantitative estimate of drug-likeness (QED) is 0.921. The topological polar surface area (TPSA) is 52.9 Å². The van der Waals surface area contributed by atoms with Gasteiger partial charge in [-0.25, -0.2) is 4.68 Å². The molecule has 2 rings (SSSR count). The van der Waals surface area contributed by atoms with E-state index in [4.69, 9.17) is 17.3 Å². The first-order chi connectivity index (χ1) is 9.60. The fraction of sp³-hybridized carbons (Fsp3) is 0.400. The highest BCUT2D eigenvalue weighted by Crippen LogP contribution is 2.17. The van der Waals surface area contributed by atoms with Gasteiger partial charge in [0.15, 0.2) is 0 Å². The van der Waals surface area contributed by atoms with Crippen LogP contribution in [0.5, 0.6) is 0 Å². The zero-order valence-corrected chi connectivity index (χ0v) is 12.7. The number of halogens is 1. The Kier molecular flexibility index (Phi) is 4.55. The van der Waals surface area contributed by atoms with Crippen molar-refractivity contribution < 1.29 is 0 Å². The number of nitrogen functional groups attached to an aromatic ring is 1. The third-order valence-corrected chi connectivity index (χ3v) is 3.80. The molecule has 1 aromatic heterocycles. The summed E-state index contributed by atoms with van der Waals surface area (Å²) in [6.45, 7) is 5.32. The molecule has 4 nitrogen and oxygen atoms in total. The van der Waals surface area contributed by atoms with E-state index >= 15 is 0 Å². The maximum absolute atomic E-state index is 12.3. The van der Waals surface area contributed by atoms with E-state index < -0.39 is 0 Å². The van der Waals surface area contributed by atoms with E-state index in [1.807, 2.05) is 35.9 Å². The van der Waals surface area contributed by atoms with Gasteiger partial charge in [-0.2, -0.15) is 0 Å². The van der Waals surface area contributed by atoms with Crippen LogP contribution in [0, 0.1) is 0 Å². The van der Waals surface area contributed by atoms with Gasteiger partial charge in [0, 0.05) is 11.6 Å². The number of anilines is 1. The summed E-state index contributed by atoms with van der Waals surface area (Å²) < 4.78 is 3.68. The van der Waals surface area contributed by atoms with Crippen molar-refractivity contribution in [3.05, 3.63) is 50.9 Å². The Bertz CT molecular complexity index is 658. The van der Waals surface area contributed by atoms with E-state index in [0.717, 1.165) is 30.6 Å². The Morgan fingerprint density at radius 3 is 2.50 bits per heavy atom. The lowest BCUT2D eigenvalue weighted by molar-refractivity contribution is 0.452. The molecule has 2 aromatic rings. The van der Waals surface area contributed by atoms with Crippen LogP contribution < -0.4 is 11.3 Å². The van der Waals surface area contributed by atoms with Crippen LogP contribution in [0.3, 0.4) is 0 Å². The van der Waals surface area contributed by atoms with Crippen LogP contribution in [0.25, 0.3) is 0 Å². The summed E-state index contributed by atoms with van der Waals surface area (Å²) >= 11 is 6.18. The molecule has 0 saturated heterocycles. The molecule has 2 N–H and O–H groups in total. The third kappa shape index (κ3) is 2.61. The molecule has 0 radical (unpaired) electrons. The summed E-state index contributed by atoms with van der Waals surface area (Å²) in [7, 11) is 0. The highest BCUT2D eigenvalue weighted by Gasteiger charge is 2.16. The van der Waals surface area contributed by atoms with Crippen LogP contribution >= 0.6 is 11.6 Å². The molecule has 0 spiro atoms. The average Bonchev–Trinajstić information content (AvgIpc) is 2.66. The third-order valence-electron chi connectivity index (χ3n) is 3.43. The van der Waals surface area contributed by atoms with Gasteiger partial charge in [-0.1, -0.05) is 43.6 Å². The highest BCUT2D eigenvalue weighted by molar-refractivity contribution is 6.31. The Hall–Kier alpha value is -1.68. The number of aromatic nitrogens is 2. The fourth-order valence-electron chi connectivity index (χ4n) is 2.44. The lowest BCUT2D eigenvalue weighted by atomic mass is 10.2. The van der Waals surface area contributed by atoms with Gasteiger partial charge in [0.1, 0.15) is 5.69 Å². The van der Waals surface area contributed by atoms with Crippen LogP contribution in [0.1, 0.15) is 31.5 Å². The first-order valence-corrected chi connectivity index (χ1v) is 7.29. The Morgan fingerprint density at radius 2 is 1.90 bits per heavy atom. The molecule has 0 unspecified atom stereocenters. The zero-order valence-electron chi connectivity index (χ0n) is 11.9. The summed E-state index contributed by atoms with van der Waals surface area (Å²) in [6, 6.07) is 7.56. The van der Waals surface area contributed by atoms with Crippen LogP contribution in [0.2, 0.25) is 5.02 Å². The monoisotopic (exact) mass is 293 g/mol. The van der Waals surface area contributed by atoms with E-state index in [9.17, 15) is 4.79 Å². The molecule has 0 fully saturated rings. The maximum atomic E-state index is 12.3. The molecular formula is C15H20ClN3O. The summed E-state index contributed by atoms with van der Waals surface area (Å²) in [4.78, 5) is 12.3. The van der Waals surface area contributed by atoms with Gasteiger partial charge in [-0.05, 0) is 24.5 Å². The molecule has 20 heavy (non-hydrogen) atoms. The minimum Gasteiger partial charge on any atom is -0.393 e. The number of benzene rings is 1. The molecule has 0 aliphatic heterocycles. The summed E-state index contributed by atoms with van der Waals surface area (Å²) in [5.41, 5.74) is 8.01. The van der Waals surface area contributed by atoms with Crippen LogP contribution in [-0.2, 0) is 19.5 Å². The van der Waals surface area contributed by atoms with E-state index in [1.165, 1.54) is 0 Å². The van der Waals surface area contributed by atoms with Gasteiger partial charge >= 0.3 is 0 Å². The van der Waals surface area contributed by atoms with Crippen LogP contribution in [0.15, 0.2) is 29.1 Å². The van der Waals surface area contributed by atoms with E-state index in [-0.39, 0.29) is 5.56 Å². The molecule has 0 aliphatic rings. The number of nitrogens with zero attached hydrogens (tertiary/aromatic N) is 2. The minimum atomic E-state index is -0.129. The summed E-state index contributed by atoms with van der Waals surface area (Å²) in [5.74, 6) is 0. The van der Waals surface area contributed by atoms with Gasteiger partial charge in [0.2, 0.25) is 0 Å². The first kappa shape index (κ1) is 14.7. The lowest BCUT2D eigenvalue weighted by Crippen LogP contribution is -2.25. The second kappa shape index (κ2) is 6.18. The van der Waals surface area contributed by atoms with E-state index in [2.05, 4.69) is 6.92 Å². The largest absolute Gasteiger partial charge is 0.393 e. The minimum absolute atomic E-state index is 0.129. The fourth-order valence-corrected chi connectivity index (χ4v) is 2.64. The number of rotatable bonds is 5. The normalized spacial score (nSPS) is 10.9. The van der Waals surface area contributed by atoms with Crippen molar-refractivity contribution in [1.29, 1.82) is 0 Å². The molecule has 1 heterocycles. The van der Waals surface area contributed by atoms with E-state index in [1.54, 1.807) is 4.68 Å². The van der Waals surface area contributed by atoms with Crippen molar-refractivity contribution in [3.63, 3.8) is 0 Å². The Morgan fingerprint density at radius 1 is 1.20 bits per heavy atom. The van der Waals surface area contributed by atoms with Gasteiger partial charge in [-0.15, -0.1) is 0 Å². The van der Waals surface area contributed by atoms with Crippen LogP contribution in [-0.4, -0.2) is 9.36 Å². The highest BCUT2D eigenvalue weighted by atomic mass is 35.5. The van der Waals surface area contributed by atoms with Crippen molar-refractivity contribution in [3.8, 4) is 0 Å². The predicted octanol–water partition coefficient (Wildman–Crippen LogP) is 2.91. The summed E-state index contributed by atoms with van der Waals surface area (Å²) in [5, 5.41) is 0.667. The molecule has 108 valence electrons. The number of hydrogen-bond acceptors (Lipinski definition) is 2. The Balaban J connectivity index is 2.51. The van der Waals surface area contributed by atoms with E-state index in [0.29, 0.717) is 17.3 Å². The second-order valence-electron chi connectivity index (χ2n) is 4.79. The second-order valence-corrected chi connectivity index (χ2v) is 5.20. The molecule has 0 aliphatic carbocycles. The molecular weight excluding hydrogens is 274 g/mol. The van der Waals surface area contributed by atoms with Gasteiger partial charge in [0.05, 0.1) is 12.2 Å². The van der Waals surface area contributed by atoms with Crippen molar-refractivity contribution in [2.45, 2.75) is 39.8 Å². The predicted molar refractivity (Wildman–Crippen MR) is 83.3 cm³/mol. The zero-order chi connectivity index (χ0) is 14.7. The standard InChI is InChI=1S/C15H20ClN3O/c1-3-9-18-13(4-2)14(17)15(20)19(18)10-11-7-5-6-8-12(11)16/h5-8H,3-4,9-10,17H2,1-2H3. The van der Waals surface area contributed by atoms with Crippen molar-refractivity contribution in [2.24, 2.45) is 0 Å². The molecule has 0 saturated carbocycles. The Labute approximate surface area is 123 Å². The van der Waals surface area contributed by atoms with Crippen molar-refractivity contribution in [2.75, 3.05) is 5.73 Å². The number of nitrogens with two attached hydrogens (primary N) is 1. The van der Waals surface area contributed by atoms with Gasteiger partial charge < -0.3 is 5.73 Å². The average molecular weight is 294 g/mol. The molecule has 5 heteroatoms. The molecule has 0 atom stereocenters. The smallest absolute Gasteiger partial charge is 0.290 e. The van der Waals surface area contributed by atoms with Crippen LogP contribution in [0.4, 0.5) is 5.69 Å². The SMILES string of the molecule is CCCn1c(CC)c(N)c(=O)n1Cc1ccccc1Cl. The molecule has 0 bridgehead atoms. The first-order valence-electron chi connectivity index (χ1n) is 6.91. The molecule has 0 amide bonds. The van der Waals surface area contributed by atoms with Crippen molar-refractivity contribution in [1.82, 2.24) is 9.36 Å². The lowest BCUT2D eigenvalue weighted by Gasteiger charge is -2.14. The molecule has 1 aromatic carbocycles. The van der Waals surface area contributed by atoms with Gasteiger partial charge in [-0.3, -0.25) is 9.48 Å². The van der Waals surface area contributed by atoms with Crippen molar-refractivity contribution >= 4 is 17.3 Å². The maximum Gasteiger partial charge on any atom is 0.290 e. The number of hydrogen-bond donors (Lipinski definition) is 1. The summed E-state index contributed by atoms with van der Waals surface area (Å²) in [6.07, 6.45) is 1.69. The van der Waals surface area contributed by atoms with Gasteiger partial charge in [0.25, 0.3) is 5.56 Å².